The number of aliphatic hydroxyl groups excluding tert-OH is 1. The minimum Gasteiger partial charge on any atom is -0.490 e. The molecular weight excluding hydrogens is 232 g/mol. The predicted molar refractivity (Wildman–Crippen MR) is 68.7 cm³/mol. The molecule has 0 radical (unpaired) electrons. The Morgan fingerprint density at radius 2 is 2.28 bits per heavy atom. The van der Waals surface area contributed by atoms with Gasteiger partial charge in [0, 0.05) is 25.6 Å². The second-order valence-electron chi connectivity index (χ2n) is 4.41. The van der Waals surface area contributed by atoms with Crippen molar-refractivity contribution in [2.24, 2.45) is 5.73 Å². The minimum absolute atomic E-state index is 0.113. The number of amides is 1. The van der Waals surface area contributed by atoms with Crippen LogP contribution in [-0.2, 0) is 11.2 Å². The van der Waals surface area contributed by atoms with Gasteiger partial charge >= 0.3 is 0 Å². The van der Waals surface area contributed by atoms with Crippen molar-refractivity contribution in [3.8, 4) is 5.75 Å². The summed E-state index contributed by atoms with van der Waals surface area (Å²) < 4.78 is 5.57. The quantitative estimate of drug-likeness (QED) is 0.805. The van der Waals surface area contributed by atoms with Gasteiger partial charge in [-0.25, -0.2) is 0 Å². The Morgan fingerprint density at radius 1 is 1.50 bits per heavy atom. The summed E-state index contributed by atoms with van der Waals surface area (Å²) in [5.74, 6) is 0.834. The molecule has 1 unspecified atom stereocenters. The molecule has 0 aromatic heterocycles. The maximum absolute atomic E-state index is 11.6. The second kappa shape index (κ2) is 5.37. The highest BCUT2D eigenvalue weighted by Gasteiger charge is 2.23. The smallest absolute Gasteiger partial charge is 0.227 e. The number of aliphatic hydroxyl groups is 1. The molecule has 0 saturated heterocycles. The summed E-state index contributed by atoms with van der Waals surface area (Å²) in [5.41, 5.74) is 7.23. The van der Waals surface area contributed by atoms with Crippen LogP contribution in [0.2, 0.25) is 0 Å². The Labute approximate surface area is 106 Å². The molecule has 1 aliphatic heterocycles. The van der Waals surface area contributed by atoms with Crippen molar-refractivity contribution in [1.82, 2.24) is 0 Å². The van der Waals surface area contributed by atoms with Gasteiger partial charge in [0.2, 0.25) is 5.91 Å². The van der Waals surface area contributed by atoms with Gasteiger partial charge in [-0.3, -0.25) is 4.79 Å². The Bertz CT molecular complexity index is 448. The molecule has 1 heterocycles. The Balaban J connectivity index is 2.20. The number of rotatable bonds is 4. The highest BCUT2D eigenvalue weighted by atomic mass is 16.5. The molecule has 1 atom stereocenters. The first-order chi connectivity index (χ1) is 8.63. The fraction of sp³-hybridized carbons (Fsp3) is 0.462. The van der Waals surface area contributed by atoms with E-state index in [0.29, 0.717) is 12.8 Å². The first-order valence-electron chi connectivity index (χ1n) is 6.03. The summed E-state index contributed by atoms with van der Waals surface area (Å²) in [6.07, 6.45) is 0.500. The summed E-state index contributed by atoms with van der Waals surface area (Å²) in [4.78, 5) is 13.3. The lowest BCUT2D eigenvalue weighted by atomic mass is 10.0. The van der Waals surface area contributed by atoms with Gasteiger partial charge in [-0.1, -0.05) is 6.07 Å². The fourth-order valence-electron chi connectivity index (χ4n) is 2.04. The molecule has 2 rings (SSSR count). The zero-order valence-electron chi connectivity index (χ0n) is 10.4. The summed E-state index contributed by atoms with van der Waals surface area (Å²) >= 11 is 0. The van der Waals surface area contributed by atoms with Gasteiger partial charge in [0.25, 0.3) is 0 Å². The lowest BCUT2D eigenvalue weighted by Crippen LogP contribution is -2.32. The highest BCUT2D eigenvalue weighted by Crippen LogP contribution is 2.33. The van der Waals surface area contributed by atoms with E-state index in [1.807, 2.05) is 18.2 Å². The minimum atomic E-state index is -0.663. The Morgan fingerprint density at radius 3 is 3.00 bits per heavy atom. The van der Waals surface area contributed by atoms with Crippen LogP contribution in [0.4, 0.5) is 5.69 Å². The van der Waals surface area contributed by atoms with E-state index in [0.717, 1.165) is 17.0 Å². The van der Waals surface area contributed by atoms with Gasteiger partial charge in [0.05, 0.1) is 5.69 Å². The van der Waals surface area contributed by atoms with Crippen molar-refractivity contribution in [1.29, 1.82) is 0 Å². The molecular formula is C13H18N2O3. The van der Waals surface area contributed by atoms with Crippen LogP contribution in [-0.4, -0.2) is 37.3 Å². The van der Waals surface area contributed by atoms with E-state index in [1.54, 1.807) is 11.9 Å². The summed E-state index contributed by atoms with van der Waals surface area (Å²) in [6, 6.07) is 5.60. The van der Waals surface area contributed by atoms with Crippen molar-refractivity contribution in [2.45, 2.75) is 18.9 Å². The highest BCUT2D eigenvalue weighted by molar-refractivity contribution is 5.96. The Hall–Kier alpha value is -1.59. The number of carbonyl (C=O) groups is 1. The van der Waals surface area contributed by atoms with Crippen molar-refractivity contribution in [3.05, 3.63) is 23.8 Å². The van der Waals surface area contributed by atoms with E-state index >= 15 is 0 Å². The fourth-order valence-corrected chi connectivity index (χ4v) is 2.04. The summed E-state index contributed by atoms with van der Waals surface area (Å²) in [6.45, 7) is 0.345. The predicted octanol–water partition coefficient (Wildman–Crippen LogP) is 0.294. The van der Waals surface area contributed by atoms with Crippen molar-refractivity contribution < 1.29 is 14.6 Å². The number of benzene rings is 1. The molecule has 1 aromatic rings. The maximum Gasteiger partial charge on any atom is 0.227 e. The van der Waals surface area contributed by atoms with Gasteiger partial charge in [-0.2, -0.15) is 0 Å². The first kappa shape index (κ1) is 12.9. The molecule has 0 spiro atoms. The van der Waals surface area contributed by atoms with Crippen molar-refractivity contribution >= 4 is 11.6 Å². The monoisotopic (exact) mass is 250 g/mol. The zero-order chi connectivity index (χ0) is 13.1. The summed E-state index contributed by atoms with van der Waals surface area (Å²) in [5, 5.41) is 9.40. The number of carbonyl (C=O) groups excluding carboxylic acids is 1. The molecule has 1 aliphatic rings. The summed E-state index contributed by atoms with van der Waals surface area (Å²) in [7, 11) is 1.76. The van der Waals surface area contributed by atoms with E-state index in [4.69, 9.17) is 10.5 Å². The largest absolute Gasteiger partial charge is 0.490 e. The van der Waals surface area contributed by atoms with Crippen molar-refractivity contribution in [3.63, 3.8) is 0 Å². The van der Waals surface area contributed by atoms with E-state index in [2.05, 4.69) is 0 Å². The van der Waals surface area contributed by atoms with Crippen LogP contribution in [0, 0.1) is 0 Å². The lowest BCUT2D eigenvalue weighted by Gasteiger charge is -2.27. The van der Waals surface area contributed by atoms with Crippen LogP contribution in [0.1, 0.15) is 12.0 Å². The molecule has 18 heavy (non-hydrogen) atoms. The molecule has 98 valence electrons. The molecule has 0 saturated carbocycles. The number of hydrogen-bond acceptors (Lipinski definition) is 4. The normalized spacial score (nSPS) is 16.4. The molecule has 3 N–H and O–H groups in total. The van der Waals surface area contributed by atoms with Gasteiger partial charge < -0.3 is 20.5 Å². The second-order valence-corrected chi connectivity index (χ2v) is 4.41. The van der Waals surface area contributed by atoms with Crippen LogP contribution in [0.5, 0.6) is 5.75 Å². The third kappa shape index (κ3) is 2.47. The number of nitrogens with zero attached hydrogens (tertiary/aromatic N) is 1. The van der Waals surface area contributed by atoms with E-state index in [-0.39, 0.29) is 19.1 Å². The van der Waals surface area contributed by atoms with Crippen LogP contribution >= 0.6 is 0 Å². The molecule has 5 nitrogen and oxygen atoms in total. The number of ether oxygens (including phenoxy) is 1. The van der Waals surface area contributed by atoms with Gasteiger partial charge in [0.15, 0.2) is 0 Å². The van der Waals surface area contributed by atoms with Crippen LogP contribution in [0.25, 0.3) is 0 Å². The number of fused-ring (bicyclic) bond motifs is 1. The number of anilines is 1. The van der Waals surface area contributed by atoms with Gasteiger partial charge in [-0.05, 0) is 18.6 Å². The SMILES string of the molecule is CN1C(=O)CCc2c(OCC(O)CN)cccc21. The molecule has 1 aromatic carbocycles. The van der Waals surface area contributed by atoms with Crippen LogP contribution in [0.15, 0.2) is 18.2 Å². The number of hydrogen-bond donors (Lipinski definition) is 2. The van der Waals surface area contributed by atoms with Crippen LogP contribution < -0.4 is 15.4 Å². The van der Waals surface area contributed by atoms with E-state index in [1.165, 1.54) is 0 Å². The third-order valence-corrected chi connectivity index (χ3v) is 3.14. The number of nitrogens with two attached hydrogens (primary N) is 1. The zero-order valence-corrected chi connectivity index (χ0v) is 10.4. The molecule has 0 aliphatic carbocycles. The van der Waals surface area contributed by atoms with E-state index < -0.39 is 6.10 Å². The molecule has 5 heteroatoms. The maximum atomic E-state index is 11.6. The molecule has 1 amide bonds. The van der Waals surface area contributed by atoms with Crippen molar-refractivity contribution in [2.75, 3.05) is 25.1 Å². The van der Waals surface area contributed by atoms with Gasteiger partial charge in [0.1, 0.15) is 18.5 Å². The average Bonchev–Trinajstić information content (AvgIpc) is 2.40. The topological polar surface area (TPSA) is 75.8 Å². The molecule has 0 fully saturated rings. The molecule has 0 bridgehead atoms. The average molecular weight is 250 g/mol. The third-order valence-electron chi connectivity index (χ3n) is 3.14. The van der Waals surface area contributed by atoms with Gasteiger partial charge in [-0.15, -0.1) is 0 Å². The van der Waals surface area contributed by atoms with E-state index in [9.17, 15) is 9.90 Å². The first-order valence-corrected chi connectivity index (χ1v) is 6.03. The van der Waals surface area contributed by atoms with Crippen LogP contribution in [0.3, 0.4) is 0 Å². The standard InChI is InChI=1S/C13H18N2O3/c1-15-11-3-2-4-12(18-8-9(16)7-14)10(11)5-6-13(15)17/h2-4,9,16H,5-8,14H2,1H3. The Kier molecular flexibility index (Phi) is 3.84. The lowest BCUT2D eigenvalue weighted by molar-refractivity contribution is -0.118.